The number of hydrogen-bond acceptors (Lipinski definition) is 19. The van der Waals surface area contributed by atoms with Gasteiger partial charge in [-0.25, -0.2) is 9.59 Å². The molecule has 1 fully saturated rings. The van der Waals surface area contributed by atoms with E-state index in [1.54, 1.807) is 0 Å². The van der Waals surface area contributed by atoms with E-state index in [1.165, 1.54) is 12.1 Å². The molecule has 4 aromatic rings. The second-order valence-electron chi connectivity index (χ2n) is 12.0. The van der Waals surface area contributed by atoms with Crippen LogP contribution in [0.25, 0.3) is 6.08 Å². The van der Waals surface area contributed by atoms with Crippen LogP contribution in [0.4, 0.5) is 0 Å². The predicted molar refractivity (Wildman–Crippen MR) is 175 cm³/mol. The van der Waals surface area contributed by atoms with Gasteiger partial charge in [-0.2, -0.15) is 0 Å². The highest BCUT2D eigenvalue weighted by molar-refractivity contribution is 5.92. The standard InChI is InChI=1S/C35H30O19/c36-11-26-29(47)31(53-33(48)13-4-20(41)27(45)21(42)5-13)32(54-34(49)14-6-22(43)28(46)23(44)7-14)35(52-26)51-25-10-16-18(39)8-15(37)9-24(16)50-30(25)12-1-2-17(38)19(40)3-12/h1-10,26,29-32,35-47H,11H2. The fourth-order valence-corrected chi connectivity index (χ4v) is 5.63. The minimum absolute atomic E-state index is 0.0601. The summed E-state index contributed by atoms with van der Waals surface area (Å²) >= 11 is 0. The van der Waals surface area contributed by atoms with Gasteiger partial charge in [0.15, 0.2) is 58.2 Å². The Morgan fingerprint density at radius 3 is 1.74 bits per heavy atom. The lowest BCUT2D eigenvalue weighted by Crippen LogP contribution is -2.61. The quantitative estimate of drug-likeness (QED) is 0.0900. The van der Waals surface area contributed by atoms with Crippen LogP contribution in [0, 0.1) is 0 Å². The second-order valence-corrected chi connectivity index (χ2v) is 12.0. The minimum atomic E-state index is -2.07. The minimum Gasteiger partial charge on any atom is -0.508 e. The molecule has 0 radical (unpaired) electrons. The van der Waals surface area contributed by atoms with Crippen LogP contribution >= 0.6 is 0 Å². The first-order valence-electron chi connectivity index (χ1n) is 15.5. The zero-order chi connectivity index (χ0) is 39.2. The van der Waals surface area contributed by atoms with Gasteiger partial charge in [0.2, 0.25) is 12.4 Å². The lowest BCUT2D eigenvalue weighted by atomic mass is 9.97. The maximum Gasteiger partial charge on any atom is 0.339 e. The Bertz CT molecular complexity index is 2120. The molecule has 0 bridgehead atoms. The number of aliphatic hydroxyl groups excluding tert-OH is 2. The van der Waals surface area contributed by atoms with Crippen molar-refractivity contribution in [1.82, 2.24) is 0 Å². The Morgan fingerprint density at radius 2 is 1.20 bits per heavy atom. The van der Waals surface area contributed by atoms with Crippen molar-refractivity contribution in [1.29, 1.82) is 0 Å². The van der Waals surface area contributed by atoms with Crippen LogP contribution in [0.1, 0.15) is 37.9 Å². The molecule has 19 heteroatoms. The van der Waals surface area contributed by atoms with Gasteiger partial charge in [0.1, 0.15) is 35.2 Å². The Balaban J connectivity index is 1.45. The van der Waals surface area contributed by atoms with E-state index in [9.17, 15) is 70.9 Å². The van der Waals surface area contributed by atoms with Gasteiger partial charge in [-0.3, -0.25) is 0 Å². The van der Waals surface area contributed by atoms with Crippen LogP contribution in [0.15, 0.2) is 60.4 Å². The number of benzene rings is 4. The monoisotopic (exact) mass is 754 g/mol. The average Bonchev–Trinajstić information content (AvgIpc) is 3.12. The number of aromatic hydroxyl groups is 10. The molecule has 0 amide bonds. The Hall–Kier alpha value is -6.96. The fraction of sp³-hybridized carbons (Fsp3) is 0.200. The number of phenols is 10. The van der Waals surface area contributed by atoms with Crippen LogP contribution < -0.4 is 4.74 Å². The summed E-state index contributed by atoms with van der Waals surface area (Å²) in [6.45, 7) is -0.968. The molecule has 4 aromatic carbocycles. The molecule has 6 unspecified atom stereocenters. The molecule has 2 aliphatic heterocycles. The molecule has 0 aromatic heterocycles. The summed E-state index contributed by atoms with van der Waals surface area (Å²) in [7, 11) is 0. The molecule has 0 saturated carbocycles. The topological polar surface area (TPSA) is 323 Å². The molecule has 12 N–H and O–H groups in total. The number of carbonyl (C=O) groups excluding carboxylic acids is 2. The predicted octanol–water partition coefficient (Wildman–Crippen LogP) is 1.76. The van der Waals surface area contributed by atoms with E-state index < -0.39 is 124 Å². The zero-order valence-corrected chi connectivity index (χ0v) is 27.2. The van der Waals surface area contributed by atoms with Crippen LogP contribution in [0.2, 0.25) is 0 Å². The van der Waals surface area contributed by atoms with Crippen molar-refractivity contribution in [3.63, 3.8) is 0 Å². The summed E-state index contributed by atoms with van der Waals surface area (Å²) < 4.78 is 29.0. The molecule has 19 nitrogen and oxygen atoms in total. The summed E-state index contributed by atoms with van der Waals surface area (Å²) in [6.07, 6.45) is -10.0. The maximum atomic E-state index is 13.5. The van der Waals surface area contributed by atoms with E-state index in [0.717, 1.165) is 24.3 Å². The summed E-state index contributed by atoms with van der Waals surface area (Å²) in [5.41, 5.74) is -1.13. The largest absolute Gasteiger partial charge is 0.508 e. The van der Waals surface area contributed by atoms with Gasteiger partial charge in [0, 0.05) is 17.7 Å². The third kappa shape index (κ3) is 6.96. The molecule has 0 aliphatic carbocycles. The maximum absolute atomic E-state index is 13.5. The van der Waals surface area contributed by atoms with Gasteiger partial charge in [0.25, 0.3) is 0 Å². The number of aliphatic hydroxyl groups is 2. The van der Waals surface area contributed by atoms with Crippen molar-refractivity contribution in [3.8, 4) is 63.2 Å². The molecule has 6 atom stereocenters. The summed E-state index contributed by atoms with van der Waals surface area (Å²) in [6, 6.07) is 8.42. The first-order chi connectivity index (χ1) is 25.6. The van der Waals surface area contributed by atoms with Crippen molar-refractivity contribution in [2.24, 2.45) is 0 Å². The molecular formula is C35H30O19. The van der Waals surface area contributed by atoms with Gasteiger partial charge < -0.3 is 85.0 Å². The Kier molecular flexibility index (Phi) is 9.70. The molecule has 0 spiro atoms. The molecule has 1 saturated heterocycles. The number of ether oxygens (including phenoxy) is 5. The van der Waals surface area contributed by atoms with Crippen LogP contribution in [-0.4, -0.2) is 111 Å². The lowest BCUT2D eigenvalue weighted by Gasteiger charge is -2.43. The van der Waals surface area contributed by atoms with Crippen LogP contribution in [-0.2, 0) is 18.9 Å². The lowest BCUT2D eigenvalue weighted by molar-refractivity contribution is -0.291. The van der Waals surface area contributed by atoms with E-state index in [4.69, 9.17) is 23.7 Å². The van der Waals surface area contributed by atoms with Crippen LogP contribution in [0.3, 0.4) is 0 Å². The van der Waals surface area contributed by atoms with E-state index in [-0.39, 0.29) is 22.6 Å². The molecule has 6 rings (SSSR count). The Morgan fingerprint density at radius 1 is 0.648 bits per heavy atom. The summed E-state index contributed by atoms with van der Waals surface area (Å²) in [5, 5.41) is 122. The second kappa shape index (κ2) is 14.2. The molecule has 284 valence electrons. The normalized spacial score (nSPS) is 21.9. The number of fused-ring (bicyclic) bond motifs is 1. The first kappa shape index (κ1) is 36.8. The highest BCUT2D eigenvalue weighted by Gasteiger charge is 2.52. The number of phenolic OH excluding ortho intramolecular Hbond substituents is 10. The van der Waals surface area contributed by atoms with Crippen molar-refractivity contribution >= 4 is 18.0 Å². The van der Waals surface area contributed by atoms with E-state index >= 15 is 0 Å². The van der Waals surface area contributed by atoms with Gasteiger partial charge in [-0.15, -0.1) is 0 Å². The summed E-state index contributed by atoms with van der Waals surface area (Å²) in [5.74, 6) is -10.9. The zero-order valence-electron chi connectivity index (χ0n) is 27.2. The average molecular weight is 755 g/mol. The van der Waals surface area contributed by atoms with Crippen molar-refractivity contribution < 1.29 is 94.6 Å². The van der Waals surface area contributed by atoms with Gasteiger partial charge in [0.05, 0.1) is 23.3 Å². The van der Waals surface area contributed by atoms with E-state index in [1.807, 2.05) is 0 Å². The fourth-order valence-electron chi connectivity index (χ4n) is 5.63. The third-order valence-corrected chi connectivity index (χ3v) is 8.34. The number of esters is 2. The number of hydrogen-bond donors (Lipinski definition) is 12. The van der Waals surface area contributed by atoms with Crippen molar-refractivity contribution in [2.75, 3.05) is 6.61 Å². The number of rotatable bonds is 8. The Labute approximate surface area is 301 Å². The van der Waals surface area contributed by atoms with Crippen molar-refractivity contribution in [3.05, 3.63) is 82.6 Å². The summed E-state index contributed by atoms with van der Waals surface area (Å²) in [4.78, 5) is 26.9. The first-order valence-corrected chi connectivity index (χ1v) is 15.5. The third-order valence-electron chi connectivity index (χ3n) is 8.34. The van der Waals surface area contributed by atoms with Gasteiger partial charge in [-0.05, 0) is 42.5 Å². The van der Waals surface area contributed by atoms with Gasteiger partial charge in [-0.1, -0.05) is 6.07 Å². The number of carbonyl (C=O) groups is 2. The molecule has 2 heterocycles. The van der Waals surface area contributed by atoms with Gasteiger partial charge >= 0.3 is 11.9 Å². The van der Waals surface area contributed by atoms with Crippen LogP contribution in [0.5, 0.6) is 63.2 Å². The highest BCUT2D eigenvalue weighted by atomic mass is 16.7. The van der Waals surface area contributed by atoms with E-state index in [2.05, 4.69) is 0 Å². The SMILES string of the molecule is O=C(OC1C(OC2=Cc3c(O)cc(O)cc3OC2c2ccc(O)c(O)c2)OC(CO)C(O)C1OC(=O)c1cc(O)c(O)c(O)c1)c1cc(O)c(O)c(O)c1. The van der Waals surface area contributed by atoms with E-state index in [0.29, 0.717) is 24.3 Å². The smallest absolute Gasteiger partial charge is 0.339 e. The highest BCUT2D eigenvalue weighted by Crippen LogP contribution is 2.46. The molecular weight excluding hydrogens is 724 g/mol. The molecule has 2 aliphatic rings. The van der Waals surface area contributed by atoms with Crippen molar-refractivity contribution in [2.45, 2.75) is 36.8 Å². The molecule has 54 heavy (non-hydrogen) atoms.